The Kier molecular flexibility index (Phi) is 16.4. The fraction of sp³-hybridized carbons (Fsp3) is 0.444. The molecule has 1 aliphatic rings. The Morgan fingerprint density at radius 3 is 1.82 bits per heavy atom. The van der Waals surface area contributed by atoms with Gasteiger partial charge in [0.15, 0.2) is 0 Å². The molecule has 62 heavy (non-hydrogen) atoms. The molecule has 1 aliphatic heterocycles. The molecule has 3 aromatic rings. The number of benzene rings is 3. The molecule has 1 heterocycles. The maximum absolute atomic E-state index is 16.0. The first kappa shape index (κ1) is 50.1. The summed E-state index contributed by atoms with van der Waals surface area (Å²) >= 11 is 2.19. The minimum atomic E-state index is -5.54. The molecule has 4 rings (SSSR count). The average Bonchev–Trinajstić information content (AvgIpc) is 3.69. The number of ether oxygens (including phenoxy) is 2. The van der Waals surface area contributed by atoms with Crippen LogP contribution in [0.3, 0.4) is 0 Å². The molecule has 0 aromatic heterocycles. The molecule has 1 fully saturated rings. The molecule has 336 valence electrons. The fourth-order valence-electron chi connectivity index (χ4n) is 6.07. The maximum atomic E-state index is 16.0. The number of hydrogen-bond acceptors (Lipinski definition) is 10. The number of nitrogens with one attached hydrogen (secondary N) is 1. The highest BCUT2D eigenvalue weighted by atomic mass is 127. The normalized spacial score (nSPS) is 15.5. The molecule has 0 aliphatic carbocycles. The molecule has 3 aromatic carbocycles. The maximum Gasteiger partial charge on any atom is 0.410 e. The van der Waals surface area contributed by atoms with Crippen LogP contribution in [0.1, 0.15) is 86.3 Å². The van der Waals surface area contributed by atoms with Gasteiger partial charge < -0.3 is 19.7 Å². The Morgan fingerprint density at radius 2 is 1.32 bits per heavy atom. The standard InChI is InChI=1S/C45H55F2IN3O10P/c1-42(2,3)37(39(54)50-27-13-16-35(50)38(53)51(33-14-11-10-12-15-33)34-24-22-32(48)23-25-34)49-36(52)26-19-30-17-20-31(21-18-30)45(46,47)62(57,60-28-58-40(55)43(4,5)6)61-29-59-41(56)44(7,8)9/h10-12,14-15,17-26,35,37H,13,16,27-29H2,1-9H3,(H,49,52)/b26-19+/t35?,37-/m1/s1. The van der Waals surface area contributed by atoms with Gasteiger partial charge in [-0.1, -0.05) is 63.2 Å². The number of amides is 3. The lowest BCUT2D eigenvalue weighted by atomic mass is 9.85. The number of hydrogen-bond donors (Lipinski definition) is 1. The number of halogens is 3. The first-order valence-corrected chi connectivity index (χ1v) is 22.5. The smallest absolute Gasteiger partial charge is 0.410 e. The summed E-state index contributed by atoms with van der Waals surface area (Å²) in [6.45, 7) is 12.6. The third-order valence-electron chi connectivity index (χ3n) is 9.62. The van der Waals surface area contributed by atoms with Gasteiger partial charge in [-0.2, -0.15) is 8.78 Å². The zero-order valence-corrected chi connectivity index (χ0v) is 39.5. The monoisotopic (exact) mass is 993 g/mol. The lowest BCUT2D eigenvalue weighted by Gasteiger charge is -2.36. The number of rotatable bonds is 15. The molecule has 0 radical (unpaired) electrons. The van der Waals surface area contributed by atoms with Gasteiger partial charge in [0.1, 0.15) is 12.1 Å². The average molecular weight is 994 g/mol. The molecule has 0 saturated carbocycles. The molecular weight excluding hydrogens is 938 g/mol. The van der Waals surface area contributed by atoms with Crippen molar-refractivity contribution in [3.8, 4) is 0 Å². The predicted molar refractivity (Wildman–Crippen MR) is 239 cm³/mol. The van der Waals surface area contributed by atoms with Crippen LogP contribution in [0.5, 0.6) is 0 Å². The van der Waals surface area contributed by atoms with Gasteiger partial charge in [0.25, 0.3) is 5.91 Å². The molecule has 13 nitrogen and oxygen atoms in total. The van der Waals surface area contributed by atoms with Crippen molar-refractivity contribution in [3.63, 3.8) is 0 Å². The van der Waals surface area contributed by atoms with Crippen LogP contribution in [0.25, 0.3) is 6.08 Å². The Labute approximate surface area is 375 Å². The van der Waals surface area contributed by atoms with Gasteiger partial charge in [0, 0.05) is 33.1 Å². The lowest BCUT2D eigenvalue weighted by Crippen LogP contribution is -2.57. The second kappa shape index (κ2) is 20.3. The van der Waals surface area contributed by atoms with Crippen molar-refractivity contribution >= 4 is 77.3 Å². The first-order valence-electron chi connectivity index (χ1n) is 19.9. The summed E-state index contributed by atoms with van der Waals surface area (Å²) in [6, 6.07) is 19.2. The highest BCUT2D eigenvalue weighted by molar-refractivity contribution is 14.1. The topological polar surface area (TPSA) is 158 Å². The molecule has 0 bridgehead atoms. The quantitative estimate of drug-likeness (QED) is 0.0511. The number of esters is 2. The van der Waals surface area contributed by atoms with Gasteiger partial charge in [-0.3, -0.25) is 42.5 Å². The van der Waals surface area contributed by atoms with Crippen molar-refractivity contribution in [2.45, 2.75) is 92.9 Å². The minimum absolute atomic E-state index is 0.279. The predicted octanol–water partition coefficient (Wildman–Crippen LogP) is 9.56. The Hall–Kier alpha value is -4.51. The molecule has 2 atom stereocenters. The molecule has 3 amide bonds. The van der Waals surface area contributed by atoms with Gasteiger partial charge in [0.2, 0.25) is 25.4 Å². The van der Waals surface area contributed by atoms with Gasteiger partial charge >= 0.3 is 25.2 Å². The zero-order chi connectivity index (χ0) is 46.3. The van der Waals surface area contributed by atoms with E-state index >= 15 is 8.78 Å². The molecule has 17 heteroatoms. The summed E-state index contributed by atoms with van der Waals surface area (Å²) < 4.78 is 66.3. The fourth-order valence-corrected chi connectivity index (χ4v) is 7.67. The SMILES string of the molecule is CC(C)(C)C(=O)OCOP(=O)(OCOC(=O)C(C)(C)C)C(F)(F)c1ccc(/C=C/C(=O)N[C@H](C(=O)N2CCCC2C(=O)N(c2ccccc2)c2ccc(I)cc2)C(C)(C)C)cc1. The van der Waals surface area contributed by atoms with E-state index in [-0.39, 0.29) is 11.5 Å². The summed E-state index contributed by atoms with van der Waals surface area (Å²) in [6.07, 6.45) is 3.50. The van der Waals surface area contributed by atoms with E-state index in [1.807, 2.05) is 54.6 Å². The van der Waals surface area contributed by atoms with E-state index in [0.29, 0.717) is 30.8 Å². The number of carbonyl (C=O) groups is 5. The van der Waals surface area contributed by atoms with Gasteiger partial charge in [-0.25, -0.2) is 0 Å². The van der Waals surface area contributed by atoms with Crippen LogP contribution in [-0.4, -0.2) is 66.8 Å². The second-order valence-corrected chi connectivity index (χ2v) is 21.2. The largest absolute Gasteiger partial charge is 0.438 e. The number of anilines is 2. The van der Waals surface area contributed by atoms with E-state index in [1.165, 1.54) is 64.7 Å². The van der Waals surface area contributed by atoms with Crippen molar-refractivity contribution in [1.82, 2.24) is 10.2 Å². The Balaban J connectivity index is 1.50. The van der Waals surface area contributed by atoms with Gasteiger partial charge in [0.05, 0.1) is 10.8 Å². The number of para-hydroxylation sites is 1. The number of carbonyl (C=O) groups excluding carboxylic acids is 5. The lowest BCUT2D eigenvalue weighted by molar-refractivity contribution is -0.163. The molecular formula is C45H55F2IN3O10P. The Bertz CT molecular complexity index is 2110. The number of likely N-dealkylation sites (tertiary alicyclic amines) is 1. The van der Waals surface area contributed by atoms with Crippen molar-refractivity contribution in [1.29, 1.82) is 0 Å². The third-order valence-corrected chi connectivity index (χ3v) is 12.2. The van der Waals surface area contributed by atoms with Crippen molar-refractivity contribution < 1.29 is 55.8 Å². The van der Waals surface area contributed by atoms with E-state index in [9.17, 15) is 28.5 Å². The molecule has 1 unspecified atom stereocenters. The van der Waals surface area contributed by atoms with Crippen molar-refractivity contribution in [2.24, 2.45) is 16.2 Å². The summed E-state index contributed by atoms with van der Waals surface area (Å²) in [5, 5.41) is 2.79. The van der Waals surface area contributed by atoms with Crippen LogP contribution in [0.2, 0.25) is 0 Å². The van der Waals surface area contributed by atoms with E-state index in [4.69, 9.17) is 18.5 Å². The van der Waals surface area contributed by atoms with Crippen molar-refractivity contribution in [3.05, 3.63) is 99.6 Å². The highest BCUT2D eigenvalue weighted by Crippen LogP contribution is 2.67. The zero-order valence-electron chi connectivity index (χ0n) is 36.4. The molecule has 1 N–H and O–H groups in total. The second-order valence-electron chi connectivity index (χ2n) is 17.8. The van der Waals surface area contributed by atoms with Gasteiger partial charge in [-0.05, 0) is 130 Å². The van der Waals surface area contributed by atoms with E-state index in [0.717, 1.165) is 21.8 Å². The summed E-state index contributed by atoms with van der Waals surface area (Å²) in [5.41, 5.74) is -6.39. The minimum Gasteiger partial charge on any atom is -0.438 e. The number of alkyl halides is 2. The molecule has 1 saturated heterocycles. The van der Waals surface area contributed by atoms with Crippen LogP contribution in [-0.2, 0) is 52.7 Å². The van der Waals surface area contributed by atoms with E-state index in [2.05, 4.69) is 27.9 Å². The van der Waals surface area contributed by atoms with Crippen molar-refractivity contribution in [2.75, 3.05) is 25.0 Å². The van der Waals surface area contributed by atoms with Crippen LogP contribution in [0, 0.1) is 19.8 Å². The van der Waals surface area contributed by atoms with Crippen LogP contribution < -0.4 is 10.2 Å². The summed E-state index contributed by atoms with van der Waals surface area (Å²) in [5.74, 6) is -2.99. The third kappa shape index (κ3) is 12.8. The van der Waals surface area contributed by atoms with Crippen LogP contribution in [0.4, 0.5) is 20.2 Å². The van der Waals surface area contributed by atoms with Crippen LogP contribution in [0.15, 0.2) is 84.9 Å². The van der Waals surface area contributed by atoms with Crippen LogP contribution >= 0.6 is 30.2 Å². The number of nitrogens with zero attached hydrogens (tertiary/aromatic N) is 2. The van der Waals surface area contributed by atoms with E-state index < -0.39 is 84.5 Å². The summed E-state index contributed by atoms with van der Waals surface area (Å²) in [7, 11) is -5.54. The van der Waals surface area contributed by atoms with E-state index in [1.54, 1.807) is 25.7 Å². The first-order chi connectivity index (χ1) is 28.8. The highest BCUT2D eigenvalue weighted by Gasteiger charge is 2.56. The Morgan fingerprint density at radius 1 is 0.806 bits per heavy atom. The van der Waals surface area contributed by atoms with Gasteiger partial charge in [-0.15, -0.1) is 0 Å². The summed E-state index contributed by atoms with van der Waals surface area (Å²) in [4.78, 5) is 69.7. The molecule has 0 spiro atoms.